The average Bonchev–Trinajstić information content (AvgIpc) is 2.75. The topological polar surface area (TPSA) is 26.0 Å². The Hall–Kier alpha value is 0.01000. The molecule has 1 rings (SSSR count). The molecule has 0 aliphatic rings. The first-order valence-corrected chi connectivity index (χ1v) is 8.54. The molecule has 2 N–H and O–H groups in total. The summed E-state index contributed by atoms with van der Waals surface area (Å²) >= 11 is 3.92. The van der Waals surface area contributed by atoms with Crippen LogP contribution in [0.2, 0.25) is 0 Å². The lowest BCUT2D eigenvalue weighted by Gasteiger charge is -2.22. The molecule has 0 fully saturated rings. The Morgan fingerprint density at radius 1 is 1.35 bits per heavy atom. The van der Waals surface area contributed by atoms with E-state index in [0.717, 1.165) is 6.42 Å². The molecule has 0 saturated heterocycles. The zero-order valence-corrected chi connectivity index (χ0v) is 12.9. The van der Waals surface area contributed by atoms with Gasteiger partial charge in [0.2, 0.25) is 0 Å². The Bertz CT molecular complexity index is 309. The molecule has 0 spiro atoms. The summed E-state index contributed by atoms with van der Waals surface area (Å²) in [7, 11) is 0. The lowest BCUT2D eigenvalue weighted by atomic mass is 10.1. The van der Waals surface area contributed by atoms with E-state index in [2.05, 4.69) is 44.0 Å². The van der Waals surface area contributed by atoms with Crippen LogP contribution in [0.1, 0.15) is 55.2 Å². The number of hydrogen-bond donors (Lipinski definition) is 1. The number of unbranched alkanes of at least 4 members (excludes halogenated alkanes) is 2. The molecular weight excluding hydrogens is 246 g/mol. The fourth-order valence-electron chi connectivity index (χ4n) is 1.85. The molecule has 1 aromatic heterocycles. The van der Waals surface area contributed by atoms with Crippen LogP contribution in [0.25, 0.3) is 0 Å². The van der Waals surface area contributed by atoms with Crippen LogP contribution < -0.4 is 5.73 Å². The van der Waals surface area contributed by atoms with Gasteiger partial charge in [-0.05, 0) is 42.5 Å². The lowest BCUT2D eigenvalue weighted by Crippen LogP contribution is -2.25. The van der Waals surface area contributed by atoms with Crippen molar-refractivity contribution in [2.75, 3.05) is 5.75 Å². The average molecular weight is 271 g/mol. The van der Waals surface area contributed by atoms with Crippen molar-refractivity contribution in [1.82, 2.24) is 0 Å². The summed E-state index contributed by atoms with van der Waals surface area (Å²) in [6.45, 7) is 6.64. The quantitative estimate of drug-likeness (QED) is 0.690. The van der Waals surface area contributed by atoms with Gasteiger partial charge in [0, 0.05) is 10.9 Å². The van der Waals surface area contributed by atoms with Crippen LogP contribution in [-0.2, 0) is 0 Å². The maximum absolute atomic E-state index is 6.28. The maximum Gasteiger partial charge on any atom is 0.0544 e. The molecule has 1 aromatic rings. The van der Waals surface area contributed by atoms with Gasteiger partial charge in [-0.15, -0.1) is 11.3 Å². The Morgan fingerprint density at radius 3 is 2.65 bits per heavy atom. The molecule has 1 heterocycles. The molecule has 0 aliphatic heterocycles. The third kappa shape index (κ3) is 4.65. The van der Waals surface area contributed by atoms with Crippen molar-refractivity contribution in [2.24, 2.45) is 5.73 Å². The van der Waals surface area contributed by atoms with Gasteiger partial charge in [0.05, 0.1) is 5.25 Å². The number of hydrogen-bond acceptors (Lipinski definition) is 3. The molecular formula is C14H25NS2. The standard InChI is InChI=1S/C14H25NS2/c1-4-6-7-9-16-14(12(15)5-2)13-11(3)8-10-17-13/h8,10,12,14H,4-7,9,15H2,1-3H3. The van der Waals surface area contributed by atoms with Crippen LogP contribution >= 0.6 is 23.1 Å². The van der Waals surface area contributed by atoms with Crippen LogP contribution in [0, 0.1) is 6.92 Å². The smallest absolute Gasteiger partial charge is 0.0544 e. The summed E-state index contributed by atoms with van der Waals surface area (Å²) in [4.78, 5) is 1.49. The van der Waals surface area contributed by atoms with E-state index in [9.17, 15) is 0 Å². The van der Waals surface area contributed by atoms with Crippen molar-refractivity contribution in [3.05, 3.63) is 21.9 Å². The summed E-state index contributed by atoms with van der Waals surface area (Å²) in [6, 6.07) is 2.50. The minimum atomic E-state index is 0.291. The van der Waals surface area contributed by atoms with Crippen molar-refractivity contribution in [3.63, 3.8) is 0 Å². The fourth-order valence-corrected chi connectivity index (χ4v) is 4.60. The molecule has 98 valence electrons. The molecule has 0 amide bonds. The molecule has 0 saturated carbocycles. The molecule has 3 heteroatoms. The van der Waals surface area contributed by atoms with Crippen molar-refractivity contribution >= 4 is 23.1 Å². The number of aryl methyl sites for hydroxylation is 1. The van der Waals surface area contributed by atoms with E-state index in [-0.39, 0.29) is 0 Å². The Balaban J connectivity index is 2.59. The van der Waals surface area contributed by atoms with E-state index >= 15 is 0 Å². The van der Waals surface area contributed by atoms with Crippen LogP contribution in [0.4, 0.5) is 0 Å². The van der Waals surface area contributed by atoms with Gasteiger partial charge in [-0.25, -0.2) is 0 Å². The van der Waals surface area contributed by atoms with Crippen molar-refractivity contribution in [1.29, 1.82) is 0 Å². The van der Waals surface area contributed by atoms with E-state index in [1.54, 1.807) is 0 Å². The molecule has 0 aromatic carbocycles. The second kappa shape index (κ2) is 8.17. The molecule has 2 unspecified atom stereocenters. The predicted octanol–water partition coefficient (Wildman–Crippen LogP) is 4.76. The molecule has 0 aliphatic carbocycles. The SMILES string of the molecule is CCCCCSC(c1sccc1C)C(N)CC. The van der Waals surface area contributed by atoms with Gasteiger partial charge in [-0.2, -0.15) is 11.8 Å². The Morgan fingerprint density at radius 2 is 2.12 bits per heavy atom. The molecule has 17 heavy (non-hydrogen) atoms. The molecule has 1 nitrogen and oxygen atoms in total. The second-order valence-corrected chi connectivity index (χ2v) is 6.74. The molecule has 2 atom stereocenters. The minimum absolute atomic E-state index is 0.291. The second-order valence-electron chi connectivity index (χ2n) is 4.54. The van der Waals surface area contributed by atoms with Gasteiger partial charge in [0.1, 0.15) is 0 Å². The molecule has 0 radical (unpaired) electrons. The Kier molecular flexibility index (Phi) is 7.24. The zero-order valence-electron chi connectivity index (χ0n) is 11.2. The highest BCUT2D eigenvalue weighted by molar-refractivity contribution is 7.99. The van der Waals surface area contributed by atoms with Crippen molar-refractivity contribution in [3.8, 4) is 0 Å². The van der Waals surface area contributed by atoms with Crippen molar-refractivity contribution < 1.29 is 0 Å². The van der Waals surface area contributed by atoms with E-state index in [1.807, 2.05) is 11.3 Å². The summed E-state index contributed by atoms with van der Waals surface area (Å²) in [5.41, 5.74) is 7.69. The number of thioether (sulfide) groups is 1. The van der Waals surface area contributed by atoms with Gasteiger partial charge in [0.15, 0.2) is 0 Å². The van der Waals surface area contributed by atoms with Gasteiger partial charge in [-0.3, -0.25) is 0 Å². The first-order valence-electron chi connectivity index (χ1n) is 6.61. The number of thiophene rings is 1. The van der Waals surface area contributed by atoms with E-state index in [1.165, 1.54) is 35.5 Å². The van der Waals surface area contributed by atoms with Crippen molar-refractivity contribution in [2.45, 2.75) is 57.7 Å². The summed E-state index contributed by atoms with van der Waals surface area (Å²) in [5.74, 6) is 1.24. The van der Waals surface area contributed by atoms with Gasteiger partial charge in [0.25, 0.3) is 0 Å². The lowest BCUT2D eigenvalue weighted by molar-refractivity contribution is 0.637. The Labute approximate surface area is 114 Å². The fraction of sp³-hybridized carbons (Fsp3) is 0.714. The normalized spacial score (nSPS) is 14.8. The van der Waals surface area contributed by atoms with E-state index < -0.39 is 0 Å². The summed E-state index contributed by atoms with van der Waals surface area (Å²) < 4.78 is 0. The zero-order chi connectivity index (χ0) is 12.7. The third-order valence-corrected chi connectivity index (χ3v) is 5.79. The molecule has 0 bridgehead atoms. The number of rotatable bonds is 8. The van der Waals surface area contributed by atoms with Crippen LogP contribution in [0.5, 0.6) is 0 Å². The third-order valence-electron chi connectivity index (χ3n) is 3.07. The first-order chi connectivity index (χ1) is 8.20. The van der Waals surface area contributed by atoms with Gasteiger partial charge in [-0.1, -0.05) is 26.7 Å². The van der Waals surface area contributed by atoms with Gasteiger partial charge < -0.3 is 5.73 Å². The van der Waals surface area contributed by atoms with E-state index in [0.29, 0.717) is 11.3 Å². The van der Waals surface area contributed by atoms with Gasteiger partial charge >= 0.3 is 0 Å². The summed E-state index contributed by atoms with van der Waals surface area (Å²) in [6.07, 6.45) is 5.01. The largest absolute Gasteiger partial charge is 0.326 e. The van der Waals surface area contributed by atoms with E-state index in [4.69, 9.17) is 5.73 Å². The first kappa shape index (κ1) is 15.1. The minimum Gasteiger partial charge on any atom is -0.326 e. The maximum atomic E-state index is 6.28. The highest BCUT2D eigenvalue weighted by atomic mass is 32.2. The highest BCUT2D eigenvalue weighted by Gasteiger charge is 2.21. The van der Waals surface area contributed by atoms with Crippen LogP contribution in [-0.4, -0.2) is 11.8 Å². The van der Waals surface area contributed by atoms with Crippen LogP contribution in [0.15, 0.2) is 11.4 Å². The van der Waals surface area contributed by atoms with Crippen LogP contribution in [0.3, 0.4) is 0 Å². The predicted molar refractivity (Wildman–Crippen MR) is 82.0 cm³/mol. The monoisotopic (exact) mass is 271 g/mol. The highest BCUT2D eigenvalue weighted by Crippen LogP contribution is 2.38. The number of nitrogens with two attached hydrogens (primary N) is 1. The summed E-state index contributed by atoms with van der Waals surface area (Å²) in [5, 5.41) is 2.68.